The average Bonchev–Trinajstić information content (AvgIpc) is 3.37. The quantitative estimate of drug-likeness (QED) is 0.602. The van der Waals surface area contributed by atoms with Gasteiger partial charge in [-0.15, -0.1) is 0 Å². The monoisotopic (exact) mass is 416 g/mol. The molecule has 0 fully saturated rings. The highest BCUT2D eigenvalue weighted by Gasteiger charge is 2.27. The summed E-state index contributed by atoms with van der Waals surface area (Å²) in [5, 5.41) is 10.6. The number of aryl methyl sites for hydroxylation is 1. The number of rotatable bonds is 7. The molecule has 6 heteroatoms. The molecule has 0 saturated heterocycles. The maximum atomic E-state index is 12.9. The number of hydrogen-bond acceptors (Lipinski definition) is 3. The lowest BCUT2D eigenvalue weighted by atomic mass is 10.1. The second-order valence-corrected chi connectivity index (χ2v) is 8.00. The van der Waals surface area contributed by atoms with E-state index >= 15 is 0 Å². The number of fused-ring (bicyclic) bond motifs is 1. The number of nitrogens with one attached hydrogen (secondary N) is 2. The smallest absolute Gasteiger partial charge is 0.272 e. The number of amides is 2. The van der Waals surface area contributed by atoms with Gasteiger partial charge in [0.1, 0.15) is 0 Å². The third-order valence-electron chi connectivity index (χ3n) is 5.66. The van der Waals surface area contributed by atoms with Gasteiger partial charge in [0.15, 0.2) is 5.69 Å². The van der Waals surface area contributed by atoms with Crippen molar-refractivity contribution in [2.75, 3.05) is 5.32 Å². The van der Waals surface area contributed by atoms with Gasteiger partial charge >= 0.3 is 0 Å². The van der Waals surface area contributed by atoms with Crippen molar-refractivity contribution in [2.45, 2.75) is 52.5 Å². The van der Waals surface area contributed by atoms with Gasteiger partial charge in [0.05, 0.1) is 5.69 Å². The van der Waals surface area contributed by atoms with Gasteiger partial charge in [-0.25, -0.2) is 4.68 Å². The molecule has 31 heavy (non-hydrogen) atoms. The Morgan fingerprint density at radius 1 is 1.06 bits per heavy atom. The van der Waals surface area contributed by atoms with E-state index in [-0.39, 0.29) is 11.8 Å². The molecule has 0 bridgehead atoms. The zero-order valence-corrected chi connectivity index (χ0v) is 18.1. The molecule has 1 aromatic heterocycles. The standard InChI is InChI=1S/C25H28N4O2/c1-3-7-23(30)27-19-14-12-18(13-15-19)16-26-25(31)24-20-9-6-11-22(20)29(28-24)21-10-5-4-8-17(21)2/h4-5,8,10,12-15H,3,6-7,9,11,16H2,1-2H3,(H,26,31)(H,27,30). The Bertz CT molecular complexity index is 1100. The SMILES string of the molecule is CCCC(=O)Nc1ccc(CNC(=O)c2nn(-c3ccccc3C)c3c2CCC3)cc1. The van der Waals surface area contributed by atoms with Crippen molar-refractivity contribution in [1.82, 2.24) is 15.1 Å². The van der Waals surface area contributed by atoms with E-state index in [0.717, 1.165) is 59.4 Å². The normalized spacial score (nSPS) is 12.5. The van der Waals surface area contributed by atoms with E-state index in [2.05, 4.69) is 23.6 Å². The largest absolute Gasteiger partial charge is 0.347 e. The van der Waals surface area contributed by atoms with Gasteiger partial charge in [0.2, 0.25) is 5.91 Å². The molecule has 2 N–H and O–H groups in total. The molecule has 2 aromatic carbocycles. The Labute approximate surface area is 182 Å². The van der Waals surface area contributed by atoms with Crippen molar-refractivity contribution in [1.29, 1.82) is 0 Å². The second kappa shape index (κ2) is 9.16. The van der Waals surface area contributed by atoms with Gasteiger partial charge in [-0.2, -0.15) is 5.10 Å². The Morgan fingerprint density at radius 3 is 2.58 bits per heavy atom. The number of carbonyl (C=O) groups is 2. The highest BCUT2D eigenvalue weighted by atomic mass is 16.2. The van der Waals surface area contributed by atoms with Crippen LogP contribution in [0.5, 0.6) is 0 Å². The van der Waals surface area contributed by atoms with E-state index in [1.165, 1.54) is 0 Å². The molecule has 0 aliphatic heterocycles. The molecule has 6 nitrogen and oxygen atoms in total. The summed E-state index contributed by atoms with van der Waals surface area (Å²) in [6.07, 6.45) is 4.20. The summed E-state index contributed by atoms with van der Waals surface area (Å²) in [6.45, 7) is 4.45. The molecule has 0 unspecified atom stereocenters. The van der Waals surface area contributed by atoms with E-state index in [9.17, 15) is 9.59 Å². The third-order valence-corrected chi connectivity index (χ3v) is 5.66. The lowest BCUT2D eigenvalue weighted by Gasteiger charge is -2.09. The first-order valence-corrected chi connectivity index (χ1v) is 10.9. The number of benzene rings is 2. The van der Waals surface area contributed by atoms with Gasteiger partial charge in [-0.05, 0) is 61.9 Å². The van der Waals surface area contributed by atoms with Crippen LogP contribution in [-0.2, 0) is 24.2 Å². The Balaban J connectivity index is 1.46. The van der Waals surface area contributed by atoms with Gasteiger partial charge in [0.25, 0.3) is 5.91 Å². The van der Waals surface area contributed by atoms with E-state index < -0.39 is 0 Å². The van der Waals surface area contributed by atoms with Crippen molar-refractivity contribution in [3.63, 3.8) is 0 Å². The van der Waals surface area contributed by atoms with E-state index in [1.807, 2.05) is 54.1 Å². The fourth-order valence-electron chi connectivity index (χ4n) is 4.04. The molecular formula is C25H28N4O2. The van der Waals surface area contributed by atoms with Gasteiger partial charge < -0.3 is 10.6 Å². The fraction of sp³-hybridized carbons (Fsp3) is 0.320. The minimum Gasteiger partial charge on any atom is -0.347 e. The molecule has 3 aromatic rings. The van der Waals surface area contributed by atoms with Crippen molar-refractivity contribution in [2.24, 2.45) is 0 Å². The van der Waals surface area contributed by atoms with Crippen LogP contribution in [0.15, 0.2) is 48.5 Å². The van der Waals surface area contributed by atoms with Crippen LogP contribution in [0, 0.1) is 6.92 Å². The van der Waals surface area contributed by atoms with Crippen LogP contribution in [0.3, 0.4) is 0 Å². The molecule has 160 valence electrons. The van der Waals surface area contributed by atoms with Crippen LogP contribution in [0.2, 0.25) is 0 Å². The first-order valence-electron chi connectivity index (χ1n) is 10.9. The maximum Gasteiger partial charge on any atom is 0.272 e. The minimum atomic E-state index is -0.147. The number of para-hydroxylation sites is 1. The molecule has 0 spiro atoms. The maximum absolute atomic E-state index is 12.9. The summed E-state index contributed by atoms with van der Waals surface area (Å²) in [4.78, 5) is 24.7. The summed E-state index contributed by atoms with van der Waals surface area (Å²) in [7, 11) is 0. The summed E-state index contributed by atoms with van der Waals surface area (Å²) >= 11 is 0. The zero-order valence-electron chi connectivity index (χ0n) is 18.1. The third kappa shape index (κ3) is 4.53. The number of carbonyl (C=O) groups excluding carboxylic acids is 2. The van der Waals surface area contributed by atoms with Crippen LogP contribution in [0.1, 0.15) is 59.1 Å². The molecular weight excluding hydrogens is 388 g/mol. The summed E-state index contributed by atoms with van der Waals surface area (Å²) in [6, 6.07) is 15.7. The predicted octanol–water partition coefficient (Wildman–Crippen LogP) is 4.34. The predicted molar refractivity (Wildman–Crippen MR) is 121 cm³/mol. The first-order chi connectivity index (χ1) is 15.1. The van der Waals surface area contributed by atoms with E-state index in [0.29, 0.717) is 18.7 Å². The zero-order chi connectivity index (χ0) is 21.8. The lowest BCUT2D eigenvalue weighted by molar-refractivity contribution is -0.116. The van der Waals surface area contributed by atoms with E-state index in [1.54, 1.807) is 0 Å². The minimum absolute atomic E-state index is 0.0154. The van der Waals surface area contributed by atoms with Crippen LogP contribution < -0.4 is 10.6 Å². The Morgan fingerprint density at radius 2 is 1.84 bits per heavy atom. The first kappa shape index (κ1) is 20.8. The van der Waals surface area contributed by atoms with Crippen molar-refractivity contribution in [3.8, 4) is 5.69 Å². The summed E-state index contributed by atoms with van der Waals surface area (Å²) in [5.74, 6) is -0.132. The van der Waals surface area contributed by atoms with Crippen LogP contribution in [-0.4, -0.2) is 21.6 Å². The molecule has 0 radical (unpaired) electrons. The molecule has 0 atom stereocenters. The topological polar surface area (TPSA) is 76.0 Å². The van der Waals surface area contributed by atoms with Gasteiger partial charge in [-0.3, -0.25) is 9.59 Å². The van der Waals surface area contributed by atoms with Crippen molar-refractivity contribution in [3.05, 3.63) is 76.6 Å². The molecule has 4 rings (SSSR count). The van der Waals surface area contributed by atoms with Crippen LogP contribution in [0.25, 0.3) is 5.69 Å². The molecule has 1 aliphatic rings. The Hall–Kier alpha value is -3.41. The average molecular weight is 417 g/mol. The highest BCUT2D eigenvalue weighted by molar-refractivity contribution is 5.94. The number of aromatic nitrogens is 2. The fourth-order valence-corrected chi connectivity index (χ4v) is 4.04. The molecule has 0 saturated carbocycles. The molecule has 2 amide bonds. The second-order valence-electron chi connectivity index (χ2n) is 8.00. The van der Waals surface area contributed by atoms with Crippen molar-refractivity contribution < 1.29 is 9.59 Å². The van der Waals surface area contributed by atoms with Crippen LogP contribution in [0.4, 0.5) is 5.69 Å². The number of hydrogen-bond donors (Lipinski definition) is 2. The van der Waals surface area contributed by atoms with Crippen LogP contribution >= 0.6 is 0 Å². The van der Waals surface area contributed by atoms with Crippen molar-refractivity contribution >= 4 is 17.5 Å². The lowest BCUT2D eigenvalue weighted by Crippen LogP contribution is -2.24. The van der Waals surface area contributed by atoms with E-state index in [4.69, 9.17) is 5.10 Å². The highest BCUT2D eigenvalue weighted by Crippen LogP contribution is 2.28. The summed E-state index contributed by atoms with van der Waals surface area (Å²) < 4.78 is 1.94. The summed E-state index contributed by atoms with van der Waals surface area (Å²) in [5.41, 5.74) is 6.64. The number of nitrogens with zero attached hydrogens (tertiary/aromatic N) is 2. The Kier molecular flexibility index (Phi) is 6.16. The van der Waals surface area contributed by atoms with Gasteiger partial charge in [0, 0.05) is 29.9 Å². The molecule has 1 heterocycles. The van der Waals surface area contributed by atoms with Gasteiger partial charge in [-0.1, -0.05) is 37.3 Å². The molecule has 1 aliphatic carbocycles. The number of anilines is 1.